The summed E-state index contributed by atoms with van der Waals surface area (Å²) < 4.78 is 5.41. The molecule has 1 aromatic rings. The normalized spacial score (nSPS) is 22.7. The van der Waals surface area contributed by atoms with Crippen molar-refractivity contribution in [2.24, 2.45) is 5.92 Å². The third-order valence-electron chi connectivity index (χ3n) is 3.37. The minimum atomic E-state index is -0.0142. The first kappa shape index (κ1) is 14.4. The van der Waals surface area contributed by atoms with Gasteiger partial charge in [-0.3, -0.25) is 9.89 Å². The molecule has 1 N–H and O–H groups in total. The number of nitrogens with one attached hydrogen (secondary N) is 1. The number of unbranched alkanes of at least 4 members (excludes halogenated alkanes) is 3. The van der Waals surface area contributed by atoms with E-state index in [1.165, 1.54) is 25.6 Å². The van der Waals surface area contributed by atoms with E-state index in [0.29, 0.717) is 0 Å². The first-order chi connectivity index (χ1) is 9.29. The second-order valence-electron chi connectivity index (χ2n) is 4.94. The molecule has 0 amide bonds. The van der Waals surface area contributed by atoms with Crippen LogP contribution in [0.25, 0.3) is 0 Å². The fourth-order valence-corrected chi connectivity index (χ4v) is 3.10. The van der Waals surface area contributed by atoms with Crippen LogP contribution in [0, 0.1) is 5.92 Å². The quantitative estimate of drug-likeness (QED) is 0.451. The maximum Gasteiger partial charge on any atom is 0.309 e. The highest BCUT2D eigenvalue weighted by atomic mass is 32.2. The first-order valence-corrected chi connectivity index (χ1v) is 7.96. The molecule has 1 aromatic heterocycles. The smallest absolute Gasteiger partial charge is 0.309 e. The van der Waals surface area contributed by atoms with Gasteiger partial charge in [0.2, 0.25) is 0 Å². The molecule has 1 aliphatic heterocycles. The van der Waals surface area contributed by atoms with E-state index in [4.69, 9.17) is 4.74 Å². The Bertz CT molecular complexity index is 383. The van der Waals surface area contributed by atoms with E-state index < -0.39 is 0 Å². The van der Waals surface area contributed by atoms with Crippen molar-refractivity contribution in [3.63, 3.8) is 0 Å². The van der Waals surface area contributed by atoms with Gasteiger partial charge in [-0.2, -0.15) is 5.10 Å². The zero-order chi connectivity index (χ0) is 13.5. The molecule has 6 heteroatoms. The maximum atomic E-state index is 11.7. The molecule has 2 heterocycles. The zero-order valence-corrected chi connectivity index (χ0v) is 12.1. The number of H-pyrrole nitrogens is 1. The topological polar surface area (TPSA) is 67.9 Å². The third-order valence-corrected chi connectivity index (χ3v) is 4.38. The molecule has 106 valence electrons. The van der Waals surface area contributed by atoms with Crippen molar-refractivity contribution >= 4 is 17.7 Å². The number of cyclic esters (lactones) is 1. The van der Waals surface area contributed by atoms with Gasteiger partial charge in [0.1, 0.15) is 12.4 Å². The fourth-order valence-electron chi connectivity index (χ4n) is 2.31. The van der Waals surface area contributed by atoms with Crippen molar-refractivity contribution in [2.75, 3.05) is 5.75 Å². The van der Waals surface area contributed by atoms with Crippen LogP contribution in [0.2, 0.25) is 0 Å². The lowest BCUT2D eigenvalue weighted by Crippen LogP contribution is -2.09. The number of hydrogen-bond acceptors (Lipinski definition) is 5. The standard InChI is InChI=1S/C13H21N3O2S/c1-2-3-4-5-6-10-7-11(18-12(10)17)8-19-13-14-9-15-16-13/h9-11H,2-8H2,1H3,(H,14,15,16)/t10-,11+/m0/s1. The maximum absolute atomic E-state index is 11.7. The van der Waals surface area contributed by atoms with Gasteiger partial charge in [0.25, 0.3) is 0 Å². The van der Waals surface area contributed by atoms with Crippen LogP contribution in [0.5, 0.6) is 0 Å². The van der Waals surface area contributed by atoms with Crippen molar-refractivity contribution < 1.29 is 9.53 Å². The van der Waals surface area contributed by atoms with Crippen molar-refractivity contribution in [3.8, 4) is 0 Å². The Hall–Kier alpha value is -1.04. The molecule has 1 aliphatic rings. The van der Waals surface area contributed by atoms with Crippen LogP contribution in [0.1, 0.15) is 45.4 Å². The van der Waals surface area contributed by atoms with Gasteiger partial charge in [0, 0.05) is 5.75 Å². The van der Waals surface area contributed by atoms with Gasteiger partial charge >= 0.3 is 5.97 Å². The number of ether oxygens (including phenoxy) is 1. The number of hydrogen-bond donors (Lipinski definition) is 1. The molecule has 1 saturated heterocycles. The van der Waals surface area contributed by atoms with E-state index >= 15 is 0 Å². The highest BCUT2D eigenvalue weighted by Gasteiger charge is 2.33. The first-order valence-electron chi connectivity index (χ1n) is 6.98. The molecular formula is C13H21N3O2S. The Morgan fingerprint density at radius 1 is 1.47 bits per heavy atom. The minimum Gasteiger partial charge on any atom is -0.461 e. The Labute approximate surface area is 117 Å². The monoisotopic (exact) mass is 283 g/mol. The summed E-state index contributed by atoms with van der Waals surface area (Å²) in [7, 11) is 0. The molecule has 0 spiro atoms. The van der Waals surface area contributed by atoms with Crippen molar-refractivity contribution in [1.82, 2.24) is 15.2 Å². The molecule has 0 unspecified atom stereocenters. The van der Waals surface area contributed by atoms with E-state index in [1.807, 2.05) is 0 Å². The van der Waals surface area contributed by atoms with Crippen LogP contribution in [-0.4, -0.2) is 33.0 Å². The van der Waals surface area contributed by atoms with Crippen LogP contribution in [0.3, 0.4) is 0 Å². The summed E-state index contributed by atoms with van der Waals surface area (Å²) >= 11 is 1.55. The highest BCUT2D eigenvalue weighted by molar-refractivity contribution is 7.99. The molecule has 0 bridgehead atoms. The molecule has 0 aromatic carbocycles. The van der Waals surface area contributed by atoms with Gasteiger partial charge in [0.05, 0.1) is 5.92 Å². The Morgan fingerprint density at radius 3 is 3.11 bits per heavy atom. The van der Waals surface area contributed by atoms with Crippen LogP contribution >= 0.6 is 11.8 Å². The minimum absolute atomic E-state index is 0.0142. The van der Waals surface area contributed by atoms with E-state index in [2.05, 4.69) is 22.1 Å². The van der Waals surface area contributed by atoms with Gasteiger partial charge < -0.3 is 4.74 Å². The van der Waals surface area contributed by atoms with Crippen LogP contribution < -0.4 is 0 Å². The third kappa shape index (κ3) is 4.53. The molecule has 1 fully saturated rings. The Kier molecular flexibility index (Phi) is 5.69. The molecule has 5 nitrogen and oxygen atoms in total. The van der Waals surface area contributed by atoms with E-state index in [9.17, 15) is 4.79 Å². The van der Waals surface area contributed by atoms with E-state index in [-0.39, 0.29) is 18.0 Å². The van der Waals surface area contributed by atoms with Gasteiger partial charge in [-0.1, -0.05) is 44.4 Å². The molecule has 2 rings (SSSR count). The molecule has 2 atom stereocenters. The second-order valence-corrected chi connectivity index (χ2v) is 5.95. The predicted molar refractivity (Wildman–Crippen MR) is 73.9 cm³/mol. The number of rotatable bonds is 8. The fraction of sp³-hybridized carbons (Fsp3) is 0.769. The zero-order valence-electron chi connectivity index (χ0n) is 11.3. The molecule has 0 saturated carbocycles. The van der Waals surface area contributed by atoms with E-state index in [0.717, 1.165) is 30.2 Å². The number of carbonyl (C=O) groups is 1. The Balaban J connectivity index is 1.66. The number of esters is 1. The lowest BCUT2D eigenvalue weighted by molar-refractivity contribution is -0.143. The summed E-state index contributed by atoms with van der Waals surface area (Å²) in [5.74, 6) is 0.851. The highest BCUT2D eigenvalue weighted by Crippen LogP contribution is 2.29. The number of nitrogens with zero attached hydrogens (tertiary/aromatic N) is 2. The van der Waals surface area contributed by atoms with Gasteiger partial charge in [-0.25, -0.2) is 4.98 Å². The van der Waals surface area contributed by atoms with Crippen molar-refractivity contribution in [2.45, 2.75) is 56.7 Å². The van der Waals surface area contributed by atoms with E-state index in [1.54, 1.807) is 11.8 Å². The van der Waals surface area contributed by atoms with Gasteiger partial charge in [-0.05, 0) is 12.8 Å². The largest absolute Gasteiger partial charge is 0.461 e. The number of aromatic nitrogens is 3. The molecule has 19 heavy (non-hydrogen) atoms. The van der Waals surface area contributed by atoms with Gasteiger partial charge in [0.15, 0.2) is 5.16 Å². The Morgan fingerprint density at radius 2 is 2.37 bits per heavy atom. The predicted octanol–water partition coefficient (Wildman–Crippen LogP) is 2.80. The van der Waals surface area contributed by atoms with Gasteiger partial charge in [-0.15, -0.1) is 0 Å². The lowest BCUT2D eigenvalue weighted by atomic mass is 9.98. The van der Waals surface area contributed by atoms with Crippen molar-refractivity contribution in [1.29, 1.82) is 0 Å². The summed E-state index contributed by atoms with van der Waals surface area (Å²) in [6.07, 6.45) is 8.18. The molecule has 0 aliphatic carbocycles. The summed E-state index contributed by atoms with van der Waals surface area (Å²) in [6.45, 7) is 2.20. The number of carbonyl (C=O) groups excluding carboxylic acids is 1. The van der Waals surface area contributed by atoms with Crippen LogP contribution in [0.4, 0.5) is 0 Å². The lowest BCUT2D eigenvalue weighted by Gasteiger charge is -2.06. The number of aromatic amines is 1. The molecular weight excluding hydrogens is 262 g/mol. The second kappa shape index (κ2) is 7.53. The molecule has 0 radical (unpaired) electrons. The van der Waals surface area contributed by atoms with Crippen LogP contribution in [0.15, 0.2) is 11.5 Å². The summed E-state index contributed by atoms with van der Waals surface area (Å²) in [6, 6.07) is 0. The average Bonchev–Trinajstić information content (AvgIpc) is 3.02. The summed E-state index contributed by atoms with van der Waals surface area (Å²) in [5.41, 5.74) is 0. The number of thioether (sulfide) groups is 1. The average molecular weight is 283 g/mol. The van der Waals surface area contributed by atoms with Crippen LogP contribution in [-0.2, 0) is 9.53 Å². The SMILES string of the molecule is CCCCCC[C@H]1C[C@H](CSc2ncn[nH]2)OC1=O. The van der Waals surface area contributed by atoms with Crippen molar-refractivity contribution in [3.05, 3.63) is 6.33 Å². The summed E-state index contributed by atoms with van der Waals surface area (Å²) in [4.78, 5) is 15.8. The summed E-state index contributed by atoms with van der Waals surface area (Å²) in [5, 5.41) is 7.36.